The van der Waals surface area contributed by atoms with Crippen LogP contribution in [0.1, 0.15) is 24.4 Å². The predicted molar refractivity (Wildman–Crippen MR) is 75.0 cm³/mol. The fraction of sp³-hybridized carbons (Fsp3) is 0.533. The highest BCUT2D eigenvalue weighted by molar-refractivity contribution is 5.75. The third-order valence-corrected chi connectivity index (χ3v) is 4.16. The van der Waals surface area contributed by atoms with E-state index in [2.05, 4.69) is 4.90 Å². The molecule has 4 nitrogen and oxygen atoms in total. The maximum absolute atomic E-state index is 13.9. The Morgan fingerprint density at radius 3 is 2.52 bits per heavy atom. The van der Waals surface area contributed by atoms with Crippen molar-refractivity contribution in [3.05, 3.63) is 35.4 Å². The highest BCUT2D eigenvalue weighted by atomic mass is 19.1. The third-order valence-electron chi connectivity index (χ3n) is 4.16. The van der Waals surface area contributed by atoms with Gasteiger partial charge in [-0.15, -0.1) is 0 Å². The topological polar surface area (TPSA) is 43.8 Å². The summed E-state index contributed by atoms with van der Waals surface area (Å²) in [5.74, 6) is -2.65. The van der Waals surface area contributed by atoms with Gasteiger partial charge in [-0.3, -0.25) is 9.69 Å². The van der Waals surface area contributed by atoms with Gasteiger partial charge in [-0.1, -0.05) is 6.07 Å². The molecule has 1 unspecified atom stereocenters. The van der Waals surface area contributed by atoms with E-state index in [0.717, 1.165) is 38.1 Å². The Morgan fingerprint density at radius 2 is 2.00 bits per heavy atom. The molecule has 1 N–H and O–H groups in total. The van der Waals surface area contributed by atoms with Crippen LogP contribution in [-0.2, 0) is 4.79 Å². The summed E-state index contributed by atoms with van der Waals surface area (Å²) in [4.78, 5) is 15.4. The van der Waals surface area contributed by atoms with E-state index in [9.17, 15) is 18.7 Å². The number of carboxylic acid groups (broad SMARTS) is 1. The first-order chi connectivity index (χ1) is 9.90. The van der Waals surface area contributed by atoms with E-state index in [-0.39, 0.29) is 11.6 Å². The molecule has 0 aliphatic carbocycles. The predicted octanol–water partition coefficient (Wildman–Crippen LogP) is 2.12. The molecule has 0 amide bonds. The number of hydrogen-bond acceptors (Lipinski definition) is 3. The highest BCUT2D eigenvalue weighted by Crippen LogP contribution is 2.28. The van der Waals surface area contributed by atoms with Gasteiger partial charge in [0.05, 0.1) is 0 Å². The number of likely N-dealkylation sites (tertiary alicyclic amines) is 1. The van der Waals surface area contributed by atoms with Crippen LogP contribution in [0.2, 0.25) is 0 Å². The van der Waals surface area contributed by atoms with Gasteiger partial charge in [-0.05, 0) is 46.1 Å². The van der Waals surface area contributed by atoms with Crippen molar-refractivity contribution in [3.63, 3.8) is 0 Å². The van der Waals surface area contributed by atoms with Crippen molar-refractivity contribution in [3.8, 4) is 0 Å². The number of carboxylic acids is 1. The number of aliphatic carboxylic acids is 1. The first-order valence-corrected chi connectivity index (χ1v) is 6.98. The van der Waals surface area contributed by atoms with E-state index >= 15 is 0 Å². The molecule has 1 heterocycles. The van der Waals surface area contributed by atoms with Gasteiger partial charge in [-0.25, -0.2) is 8.78 Å². The second kappa shape index (κ2) is 6.49. The molecule has 0 spiro atoms. The van der Waals surface area contributed by atoms with Crippen LogP contribution in [0.5, 0.6) is 0 Å². The molecule has 0 bridgehead atoms. The SMILES string of the molecule is CN1CCC(N(C)C(C(=O)O)c2ccc(F)cc2F)CC1. The number of likely N-dealkylation sites (N-methyl/N-ethyl adjacent to an activating group) is 1. The van der Waals surface area contributed by atoms with Crippen LogP contribution in [0.25, 0.3) is 0 Å². The molecule has 1 aliphatic heterocycles. The molecule has 0 saturated carbocycles. The van der Waals surface area contributed by atoms with Gasteiger partial charge in [0.2, 0.25) is 0 Å². The Hall–Kier alpha value is -1.53. The molecular weight excluding hydrogens is 278 g/mol. The average molecular weight is 298 g/mol. The lowest BCUT2D eigenvalue weighted by molar-refractivity contribution is -0.144. The first kappa shape index (κ1) is 15.9. The summed E-state index contributed by atoms with van der Waals surface area (Å²) in [6.07, 6.45) is 1.67. The van der Waals surface area contributed by atoms with E-state index in [0.29, 0.717) is 0 Å². The lowest BCUT2D eigenvalue weighted by Crippen LogP contribution is -2.45. The second-order valence-corrected chi connectivity index (χ2v) is 5.61. The number of nitrogens with zero attached hydrogens (tertiary/aromatic N) is 2. The Morgan fingerprint density at radius 1 is 1.38 bits per heavy atom. The Bertz CT molecular complexity index is 516. The summed E-state index contributed by atoms with van der Waals surface area (Å²) in [5, 5.41) is 9.46. The Labute approximate surface area is 123 Å². The molecule has 6 heteroatoms. The number of piperidine rings is 1. The maximum atomic E-state index is 13.9. The van der Waals surface area contributed by atoms with Crippen molar-refractivity contribution in [1.82, 2.24) is 9.80 Å². The van der Waals surface area contributed by atoms with Crippen LogP contribution < -0.4 is 0 Å². The lowest BCUT2D eigenvalue weighted by atomic mass is 9.98. The van der Waals surface area contributed by atoms with Crippen molar-refractivity contribution < 1.29 is 18.7 Å². The minimum Gasteiger partial charge on any atom is -0.480 e. The lowest BCUT2D eigenvalue weighted by Gasteiger charge is -2.38. The van der Waals surface area contributed by atoms with Crippen LogP contribution in [0.4, 0.5) is 8.78 Å². The Balaban J connectivity index is 2.24. The van der Waals surface area contributed by atoms with Crippen LogP contribution in [0, 0.1) is 11.6 Å². The normalized spacial score (nSPS) is 18.9. The standard InChI is InChI=1S/C15H20F2N2O2/c1-18-7-5-11(6-8-18)19(2)14(15(20)21)12-4-3-10(16)9-13(12)17/h3-4,9,11,14H,5-8H2,1-2H3,(H,20,21). The monoisotopic (exact) mass is 298 g/mol. The number of rotatable bonds is 4. The average Bonchev–Trinajstić information content (AvgIpc) is 2.42. The smallest absolute Gasteiger partial charge is 0.325 e. The molecular formula is C15H20F2N2O2. The van der Waals surface area contributed by atoms with Gasteiger partial charge in [-0.2, -0.15) is 0 Å². The van der Waals surface area contributed by atoms with Crippen molar-refractivity contribution in [2.45, 2.75) is 24.9 Å². The zero-order valence-corrected chi connectivity index (χ0v) is 12.2. The zero-order chi connectivity index (χ0) is 15.6. The number of halogens is 2. The summed E-state index contributed by atoms with van der Waals surface area (Å²) in [6.45, 7) is 1.76. The molecule has 21 heavy (non-hydrogen) atoms. The molecule has 116 valence electrons. The minimum absolute atomic E-state index is 0.00493. The van der Waals surface area contributed by atoms with Gasteiger partial charge in [0, 0.05) is 17.7 Å². The second-order valence-electron chi connectivity index (χ2n) is 5.61. The molecule has 1 fully saturated rings. The van der Waals surface area contributed by atoms with E-state index < -0.39 is 23.6 Å². The number of carbonyl (C=O) groups is 1. The van der Waals surface area contributed by atoms with Gasteiger partial charge in [0.25, 0.3) is 0 Å². The van der Waals surface area contributed by atoms with Gasteiger partial charge >= 0.3 is 5.97 Å². The molecule has 1 atom stereocenters. The highest BCUT2D eigenvalue weighted by Gasteiger charge is 2.33. The molecule has 2 rings (SSSR count). The quantitative estimate of drug-likeness (QED) is 0.924. The Kier molecular flexibility index (Phi) is 4.90. The zero-order valence-electron chi connectivity index (χ0n) is 12.2. The van der Waals surface area contributed by atoms with E-state index in [1.165, 1.54) is 6.07 Å². The molecule has 0 radical (unpaired) electrons. The molecule has 1 aromatic rings. The summed E-state index contributed by atoms with van der Waals surface area (Å²) < 4.78 is 26.9. The first-order valence-electron chi connectivity index (χ1n) is 6.98. The van der Waals surface area contributed by atoms with Crippen LogP contribution in [0.15, 0.2) is 18.2 Å². The maximum Gasteiger partial charge on any atom is 0.325 e. The summed E-state index contributed by atoms with van der Waals surface area (Å²) >= 11 is 0. The largest absolute Gasteiger partial charge is 0.480 e. The van der Waals surface area contributed by atoms with Crippen molar-refractivity contribution in [2.24, 2.45) is 0 Å². The van der Waals surface area contributed by atoms with E-state index in [1.54, 1.807) is 11.9 Å². The summed E-state index contributed by atoms with van der Waals surface area (Å²) in [6, 6.07) is 2.02. The number of benzene rings is 1. The molecule has 1 aliphatic rings. The van der Waals surface area contributed by atoms with Crippen molar-refractivity contribution in [1.29, 1.82) is 0 Å². The minimum atomic E-state index is -1.12. The van der Waals surface area contributed by atoms with Crippen molar-refractivity contribution >= 4 is 5.97 Å². The molecule has 0 aromatic heterocycles. The third kappa shape index (κ3) is 3.57. The fourth-order valence-electron chi connectivity index (χ4n) is 2.86. The van der Waals surface area contributed by atoms with Crippen molar-refractivity contribution in [2.75, 3.05) is 27.2 Å². The van der Waals surface area contributed by atoms with Crippen LogP contribution in [0.3, 0.4) is 0 Å². The van der Waals surface area contributed by atoms with E-state index in [1.807, 2.05) is 7.05 Å². The van der Waals surface area contributed by atoms with Gasteiger partial charge in [0.15, 0.2) is 0 Å². The summed E-state index contributed by atoms with van der Waals surface area (Å²) in [7, 11) is 3.71. The van der Waals surface area contributed by atoms with Crippen LogP contribution in [-0.4, -0.2) is 54.1 Å². The van der Waals surface area contributed by atoms with Gasteiger partial charge in [0.1, 0.15) is 17.7 Å². The molecule has 1 aromatic carbocycles. The van der Waals surface area contributed by atoms with Gasteiger partial charge < -0.3 is 10.0 Å². The number of hydrogen-bond donors (Lipinski definition) is 1. The summed E-state index contributed by atoms with van der Waals surface area (Å²) in [5.41, 5.74) is 0.00493. The van der Waals surface area contributed by atoms with E-state index in [4.69, 9.17) is 0 Å². The van der Waals surface area contributed by atoms with Crippen LogP contribution >= 0.6 is 0 Å². The fourth-order valence-corrected chi connectivity index (χ4v) is 2.86. The molecule has 1 saturated heterocycles.